The van der Waals surface area contributed by atoms with E-state index in [0.717, 1.165) is 17.2 Å². The van der Waals surface area contributed by atoms with Crippen molar-refractivity contribution in [3.63, 3.8) is 0 Å². The number of ether oxygens (including phenoxy) is 1. The van der Waals surface area contributed by atoms with E-state index in [-0.39, 0.29) is 17.9 Å². The van der Waals surface area contributed by atoms with E-state index in [4.69, 9.17) is 4.74 Å². The quantitative estimate of drug-likeness (QED) is 0.762. The van der Waals surface area contributed by atoms with Crippen LogP contribution in [0, 0.1) is 5.92 Å². The Balaban J connectivity index is 1.49. The molecule has 4 rings (SSSR count). The highest BCUT2D eigenvalue weighted by atomic mass is 16.5. The van der Waals surface area contributed by atoms with Crippen LogP contribution >= 0.6 is 0 Å². The Bertz CT molecular complexity index is 803. The van der Waals surface area contributed by atoms with Gasteiger partial charge in [0.2, 0.25) is 5.91 Å². The first-order valence-corrected chi connectivity index (χ1v) is 9.49. The molecule has 2 aliphatic rings. The zero-order valence-electron chi connectivity index (χ0n) is 15.8. The molecule has 0 aromatic carbocycles. The average Bonchev–Trinajstić information content (AvgIpc) is 3.36. The van der Waals surface area contributed by atoms with E-state index >= 15 is 0 Å². The fourth-order valence-electron chi connectivity index (χ4n) is 3.79. The molecule has 2 fully saturated rings. The number of carbonyl (C=O) groups excluding carboxylic acids is 1. The van der Waals surface area contributed by atoms with Gasteiger partial charge in [0.1, 0.15) is 11.6 Å². The number of likely N-dealkylation sites (tertiary alicyclic amines) is 1. The summed E-state index contributed by atoms with van der Waals surface area (Å²) >= 11 is 0. The number of nitrogens with zero attached hydrogens (tertiary/aromatic N) is 5. The van der Waals surface area contributed by atoms with Gasteiger partial charge in [-0.2, -0.15) is 5.10 Å². The number of hydrogen-bond acceptors (Lipinski definition) is 6. The summed E-state index contributed by atoms with van der Waals surface area (Å²) in [5.74, 6) is 2.59. The minimum atomic E-state index is -0.00131. The van der Waals surface area contributed by atoms with Crippen LogP contribution in [0.15, 0.2) is 24.7 Å². The van der Waals surface area contributed by atoms with E-state index in [9.17, 15) is 4.79 Å². The fraction of sp³-hybridized carbons (Fsp3) is 0.579. The lowest BCUT2D eigenvalue weighted by Crippen LogP contribution is -2.33. The lowest BCUT2D eigenvalue weighted by atomic mass is 9.95. The third kappa shape index (κ3) is 3.95. The summed E-state index contributed by atoms with van der Waals surface area (Å²) in [6.07, 6.45) is 8.53. The lowest BCUT2D eigenvalue weighted by molar-refractivity contribution is -0.129. The third-order valence-electron chi connectivity index (χ3n) is 5.30. The molecule has 2 aromatic rings. The molecule has 1 saturated carbocycles. The molecule has 2 atom stereocenters. The van der Waals surface area contributed by atoms with Crippen molar-refractivity contribution < 1.29 is 9.53 Å². The van der Waals surface area contributed by atoms with Crippen LogP contribution in [0.4, 0.5) is 5.82 Å². The molecular formula is C19H26N6O2. The van der Waals surface area contributed by atoms with Crippen molar-refractivity contribution in [2.45, 2.75) is 31.2 Å². The summed E-state index contributed by atoms with van der Waals surface area (Å²) in [6.45, 7) is 1.79. The van der Waals surface area contributed by atoms with Crippen molar-refractivity contribution in [1.29, 1.82) is 0 Å². The second-order valence-electron chi connectivity index (χ2n) is 7.39. The standard InChI is InChI=1S/C19H26N6O2/c1-24-12-15(11-22-24)18-14(9-17(26)25(18)7-8-27-2)10-21-16-5-6-20-19(23-16)13-3-4-13/h5-6,11-14,18H,3-4,7-10H2,1-2H3,(H,20,21,23)/t14-,18+/m0/s1. The van der Waals surface area contributed by atoms with Crippen LogP contribution in [-0.2, 0) is 16.6 Å². The smallest absolute Gasteiger partial charge is 0.223 e. The molecule has 8 heteroatoms. The molecule has 0 bridgehead atoms. The monoisotopic (exact) mass is 370 g/mol. The van der Waals surface area contributed by atoms with E-state index in [1.807, 2.05) is 36.6 Å². The Labute approximate surface area is 158 Å². The van der Waals surface area contributed by atoms with Gasteiger partial charge >= 0.3 is 0 Å². The van der Waals surface area contributed by atoms with Crippen LogP contribution in [0.2, 0.25) is 0 Å². The second-order valence-corrected chi connectivity index (χ2v) is 7.39. The van der Waals surface area contributed by atoms with Gasteiger partial charge in [0.05, 0.1) is 18.8 Å². The highest BCUT2D eigenvalue weighted by Crippen LogP contribution is 2.39. The fourth-order valence-corrected chi connectivity index (χ4v) is 3.79. The predicted octanol–water partition coefficient (Wildman–Crippen LogP) is 1.74. The molecule has 2 aromatic heterocycles. The Morgan fingerprint density at radius 3 is 2.93 bits per heavy atom. The summed E-state index contributed by atoms with van der Waals surface area (Å²) in [7, 11) is 3.55. The van der Waals surface area contributed by atoms with Crippen LogP contribution in [0.25, 0.3) is 0 Å². The van der Waals surface area contributed by atoms with E-state index < -0.39 is 0 Å². The molecule has 0 unspecified atom stereocenters. The molecule has 3 heterocycles. The number of rotatable bonds is 8. The van der Waals surface area contributed by atoms with Gasteiger partial charge in [-0.1, -0.05) is 0 Å². The van der Waals surface area contributed by atoms with Gasteiger partial charge in [-0.25, -0.2) is 9.97 Å². The number of anilines is 1. The van der Waals surface area contributed by atoms with Crippen LogP contribution < -0.4 is 5.32 Å². The largest absolute Gasteiger partial charge is 0.383 e. The number of carbonyl (C=O) groups is 1. The van der Waals surface area contributed by atoms with Gasteiger partial charge in [0.15, 0.2) is 0 Å². The molecule has 1 aliphatic heterocycles. The number of nitrogens with one attached hydrogen (secondary N) is 1. The molecule has 1 saturated heterocycles. The Kier molecular flexibility index (Phi) is 5.07. The normalized spacial score (nSPS) is 22.4. The van der Waals surface area contributed by atoms with E-state index in [1.54, 1.807) is 11.8 Å². The lowest BCUT2D eigenvalue weighted by Gasteiger charge is -2.27. The Morgan fingerprint density at radius 1 is 1.37 bits per heavy atom. The number of aryl methyl sites for hydroxylation is 1. The molecular weight excluding hydrogens is 344 g/mol. The van der Waals surface area contributed by atoms with E-state index in [1.165, 1.54) is 12.8 Å². The van der Waals surface area contributed by atoms with E-state index in [0.29, 0.717) is 32.0 Å². The Hall–Kier alpha value is -2.48. The first-order chi connectivity index (χ1) is 13.2. The van der Waals surface area contributed by atoms with Gasteiger partial charge in [-0.15, -0.1) is 0 Å². The predicted molar refractivity (Wildman–Crippen MR) is 100 cm³/mol. The van der Waals surface area contributed by atoms with Crippen LogP contribution in [0.1, 0.15) is 42.6 Å². The van der Waals surface area contributed by atoms with Gasteiger partial charge in [0, 0.05) is 63.5 Å². The van der Waals surface area contributed by atoms with Gasteiger partial charge in [-0.3, -0.25) is 9.48 Å². The maximum absolute atomic E-state index is 12.6. The first-order valence-electron chi connectivity index (χ1n) is 9.49. The number of methoxy groups -OCH3 is 1. The molecule has 8 nitrogen and oxygen atoms in total. The molecule has 1 amide bonds. The average molecular weight is 370 g/mol. The SMILES string of the molecule is COCCN1C(=O)C[C@@H](CNc2ccnc(C3CC3)n2)[C@@H]1c1cnn(C)c1. The van der Waals surface area contributed by atoms with E-state index in [2.05, 4.69) is 20.4 Å². The van der Waals surface area contributed by atoms with Gasteiger partial charge in [0.25, 0.3) is 0 Å². The van der Waals surface area contributed by atoms with Gasteiger partial charge in [-0.05, 0) is 18.9 Å². The highest BCUT2D eigenvalue weighted by molar-refractivity contribution is 5.79. The highest BCUT2D eigenvalue weighted by Gasteiger charge is 2.40. The van der Waals surface area contributed by atoms with Crippen LogP contribution in [0.5, 0.6) is 0 Å². The van der Waals surface area contributed by atoms with Crippen molar-refractivity contribution in [2.75, 3.05) is 32.1 Å². The molecule has 1 N–H and O–H groups in total. The number of amides is 1. The topological polar surface area (TPSA) is 85.2 Å². The zero-order valence-corrected chi connectivity index (χ0v) is 15.8. The van der Waals surface area contributed by atoms with Crippen LogP contribution in [-0.4, -0.2) is 57.4 Å². The Morgan fingerprint density at radius 2 is 2.22 bits per heavy atom. The van der Waals surface area contributed by atoms with Crippen molar-refractivity contribution in [1.82, 2.24) is 24.6 Å². The van der Waals surface area contributed by atoms with Crippen LogP contribution in [0.3, 0.4) is 0 Å². The van der Waals surface area contributed by atoms with Crippen molar-refractivity contribution in [3.05, 3.63) is 36.0 Å². The van der Waals surface area contributed by atoms with Gasteiger partial charge < -0.3 is 15.0 Å². The van der Waals surface area contributed by atoms with Crippen molar-refractivity contribution in [2.24, 2.45) is 13.0 Å². The number of aromatic nitrogens is 4. The molecule has 27 heavy (non-hydrogen) atoms. The maximum atomic E-state index is 12.6. The summed E-state index contributed by atoms with van der Waals surface area (Å²) in [5, 5.41) is 7.72. The summed E-state index contributed by atoms with van der Waals surface area (Å²) in [4.78, 5) is 23.5. The molecule has 144 valence electrons. The number of hydrogen-bond donors (Lipinski definition) is 1. The minimum Gasteiger partial charge on any atom is -0.383 e. The molecule has 0 spiro atoms. The molecule has 1 aliphatic carbocycles. The second kappa shape index (κ2) is 7.64. The minimum absolute atomic E-state index is 0.00131. The summed E-state index contributed by atoms with van der Waals surface area (Å²) in [6, 6.07) is 1.89. The zero-order chi connectivity index (χ0) is 18.8. The summed E-state index contributed by atoms with van der Waals surface area (Å²) in [5.41, 5.74) is 1.06. The molecule has 0 radical (unpaired) electrons. The first kappa shape index (κ1) is 17.9. The summed E-state index contributed by atoms with van der Waals surface area (Å²) < 4.78 is 6.98. The maximum Gasteiger partial charge on any atom is 0.223 e. The van der Waals surface area contributed by atoms with Crippen molar-refractivity contribution >= 4 is 11.7 Å². The van der Waals surface area contributed by atoms with Crippen molar-refractivity contribution in [3.8, 4) is 0 Å². The third-order valence-corrected chi connectivity index (χ3v) is 5.30.